The Morgan fingerprint density at radius 2 is 2.07 bits per heavy atom. The van der Waals surface area contributed by atoms with E-state index in [1.165, 1.54) is 23.1 Å². The van der Waals surface area contributed by atoms with Crippen LogP contribution < -0.4 is 0 Å². The average Bonchev–Trinajstić information content (AvgIpc) is 2.18. The molecule has 0 bridgehead atoms. The minimum atomic E-state index is 0.583. The maximum atomic E-state index is 2.29. The van der Waals surface area contributed by atoms with E-state index in [1.807, 2.05) is 0 Å². The molecule has 0 amide bonds. The SMILES string of the molecule is CC1=CC=CC(c2cccc(C)c2)C1. The molecule has 1 atom stereocenters. The van der Waals surface area contributed by atoms with Crippen molar-refractivity contribution in [3.05, 3.63) is 59.2 Å². The number of hydrogen-bond acceptors (Lipinski definition) is 0. The highest BCUT2D eigenvalue weighted by atomic mass is 14.1. The fraction of sp³-hybridized carbons (Fsp3) is 0.286. The van der Waals surface area contributed by atoms with Crippen molar-refractivity contribution in [3.8, 4) is 0 Å². The molecule has 0 radical (unpaired) electrons. The number of rotatable bonds is 1. The number of benzene rings is 1. The summed E-state index contributed by atoms with van der Waals surface area (Å²) < 4.78 is 0. The van der Waals surface area contributed by atoms with Crippen LogP contribution in [0.5, 0.6) is 0 Å². The summed E-state index contributed by atoms with van der Waals surface area (Å²) in [6.07, 6.45) is 7.83. The van der Waals surface area contributed by atoms with Gasteiger partial charge in [-0.2, -0.15) is 0 Å². The first kappa shape index (κ1) is 9.26. The summed E-state index contributed by atoms with van der Waals surface area (Å²) in [6, 6.07) is 8.80. The lowest BCUT2D eigenvalue weighted by molar-refractivity contribution is 0.812. The quantitative estimate of drug-likeness (QED) is 0.619. The van der Waals surface area contributed by atoms with E-state index < -0.39 is 0 Å². The summed E-state index contributed by atoms with van der Waals surface area (Å²) in [7, 11) is 0. The number of aryl methyl sites for hydroxylation is 1. The molecule has 0 aliphatic heterocycles. The third-order valence-corrected chi connectivity index (χ3v) is 2.74. The van der Waals surface area contributed by atoms with Crippen molar-refractivity contribution in [1.82, 2.24) is 0 Å². The molecular weight excluding hydrogens is 168 g/mol. The van der Waals surface area contributed by atoms with E-state index in [0.29, 0.717) is 5.92 Å². The topological polar surface area (TPSA) is 0 Å². The standard InChI is InChI=1S/C14H16/c1-11-5-3-7-13(9-11)14-8-4-6-12(2)10-14/h3-9,14H,10H2,1-2H3. The summed E-state index contributed by atoms with van der Waals surface area (Å²) in [5.74, 6) is 0.583. The first-order valence-corrected chi connectivity index (χ1v) is 5.16. The zero-order chi connectivity index (χ0) is 9.97. The van der Waals surface area contributed by atoms with Crippen molar-refractivity contribution in [2.75, 3.05) is 0 Å². The molecule has 0 spiro atoms. The maximum Gasteiger partial charge on any atom is 0.00583 e. The minimum Gasteiger partial charge on any atom is -0.0767 e. The summed E-state index contributed by atoms with van der Waals surface area (Å²) in [6.45, 7) is 4.35. The van der Waals surface area contributed by atoms with Gasteiger partial charge in [-0.1, -0.05) is 53.6 Å². The predicted octanol–water partition coefficient (Wildman–Crippen LogP) is 3.98. The molecule has 1 aromatic rings. The fourth-order valence-electron chi connectivity index (χ4n) is 1.97. The zero-order valence-corrected chi connectivity index (χ0v) is 8.83. The molecule has 0 nitrogen and oxygen atoms in total. The van der Waals surface area contributed by atoms with Gasteiger partial charge in [0.1, 0.15) is 0 Å². The van der Waals surface area contributed by atoms with E-state index in [9.17, 15) is 0 Å². The van der Waals surface area contributed by atoms with Gasteiger partial charge in [0.2, 0.25) is 0 Å². The smallest absolute Gasteiger partial charge is 0.00583 e. The summed E-state index contributed by atoms with van der Waals surface area (Å²) in [4.78, 5) is 0. The van der Waals surface area contributed by atoms with Crippen molar-refractivity contribution in [2.45, 2.75) is 26.2 Å². The lowest BCUT2D eigenvalue weighted by atomic mass is 9.88. The van der Waals surface area contributed by atoms with Gasteiger partial charge in [0, 0.05) is 5.92 Å². The van der Waals surface area contributed by atoms with Crippen LogP contribution in [0.1, 0.15) is 30.4 Å². The van der Waals surface area contributed by atoms with Crippen molar-refractivity contribution in [2.24, 2.45) is 0 Å². The predicted molar refractivity (Wildman–Crippen MR) is 61.4 cm³/mol. The van der Waals surface area contributed by atoms with Crippen LogP contribution in [0.25, 0.3) is 0 Å². The van der Waals surface area contributed by atoms with Crippen molar-refractivity contribution >= 4 is 0 Å². The van der Waals surface area contributed by atoms with Crippen LogP contribution in [-0.2, 0) is 0 Å². The number of allylic oxidation sites excluding steroid dienone is 4. The van der Waals surface area contributed by atoms with E-state index in [0.717, 1.165) is 0 Å². The molecule has 0 heteroatoms. The third kappa shape index (κ3) is 1.95. The molecule has 0 heterocycles. The van der Waals surface area contributed by atoms with Crippen LogP contribution in [0.3, 0.4) is 0 Å². The lowest BCUT2D eigenvalue weighted by Gasteiger charge is -2.17. The Bertz CT molecular complexity index is 383. The van der Waals surface area contributed by atoms with E-state index in [-0.39, 0.29) is 0 Å². The van der Waals surface area contributed by atoms with E-state index in [1.54, 1.807) is 0 Å². The average molecular weight is 184 g/mol. The van der Waals surface area contributed by atoms with Gasteiger partial charge in [-0.3, -0.25) is 0 Å². The Balaban J connectivity index is 2.25. The van der Waals surface area contributed by atoms with Crippen LogP contribution in [0.2, 0.25) is 0 Å². The Labute approximate surface area is 86.0 Å². The highest BCUT2D eigenvalue weighted by molar-refractivity contribution is 5.33. The highest BCUT2D eigenvalue weighted by Gasteiger charge is 2.10. The van der Waals surface area contributed by atoms with Crippen LogP contribution >= 0.6 is 0 Å². The largest absolute Gasteiger partial charge is 0.0767 e. The van der Waals surface area contributed by atoms with Gasteiger partial charge in [-0.15, -0.1) is 0 Å². The molecule has 1 aliphatic carbocycles. The lowest BCUT2D eigenvalue weighted by Crippen LogP contribution is -1.99. The molecule has 0 N–H and O–H groups in total. The normalized spacial score (nSPS) is 20.7. The monoisotopic (exact) mass is 184 g/mol. The van der Waals surface area contributed by atoms with Crippen LogP contribution in [0, 0.1) is 6.92 Å². The van der Waals surface area contributed by atoms with E-state index in [4.69, 9.17) is 0 Å². The van der Waals surface area contributed by atoms with Gasteiger partial charge in [0.25, 0.3) is 0 Å². The van der Waals surface area contributed by atoms with Gasteiger partial charge in [0.15, 0.2) is 0 Å². The first-order valence-electron chi connectivity index (χ1n) is 5.16. The Hall–Kier alpha value is -1.30. The Kier molecular flexibility index (Phi) is 2.53. The molecule has 0 saturated carbocycles. The fourth-order valence-corrected chi connectivity index (χ4v) is 1.97. The van der Waals surface area contributed by atoms with Crippen molar-refractivity contribution < 1.29 is 0 Å². The molecule has 72 valence electrons. The second-order valence-corrected chi connectivity index (χ2v) is 4.12. The van der Waals surface area contributed by atoms with Crippen LogP contribution in [0.4, 0.5) is 0 Å². The molecule has 1 aliphatic rings. The summed E-state index contributed by atoms with van der Waals surface area (Å²) in [5.41, 5.74) is 4.26. The number of hydrogen-bond donors (Lipinski definition) is 0. The van der Waals surface area contributed by atoms with Crippen LogP contribution in [-0.4, -0.2) is 0 Å². The van der Waals surface area contributed by atoms with E-state index in [2.05, 4.69) is 56.3 Å². The van der Waals surface area contributed by atoms with Crippen molar-refractivity contribution in [1.29, 1.82) is 0 Å². The second kappa shape index (κ2) is 3.83. The second-order valence-electron chi connectivity index (χ2n) is 4.12. The first-order chi connectivity index (χ1) is 6.75. The zero-order valence-electron chi connectivity index (χ0n) is 8.83. The third-order valence-electron chi connectivity index (χ3n) is 2.74. The molecule has 0 saturated heterocycles. The summed E-state index contributed by atoms with van der Waals surface area (Å²) >= 11 is 0. The van der Waals surface area contributed by atoms with Gasteiger partial charge < -0.3 is 0 Å². The summed E-state index contributed by atoms with van der Waals surface area (Å²) in [5, 5.41) is 0. The van der Waals surface area contributed by atoms with Gasteiger partial charge in [-0.05, 0) is 25.8 Å². The van der Waals surface area contributed by atoms with Gasteiger partial charge >= 0.3 is 0 Å². The molecule has 1 aromatic carbocycles. The molecule has 2 rings (SSSR count). The van der Waals surface area contributed by atoms with Gasteiger partial charge in [-0.25, -0.2) is 0 Å². The molecule has 14 heavy (non-hydrogen) atoms. The highest BCUT2D eigenvalue weighted by Crippen LogP contribution is 2.28. The minimum absolute atomic E-state index is 0.583. The molecular formula is C14H16. The molecule has 0 aromatic heterocycles. The van der Waals surface area contributed by atoms with Crippen LogP contribution in [0.15, 0.2) is 48.1 Å². The Morgan fingerprint density at radius 3 is 2.79 bits per heavy atom. The Morgan fingerprint density at radius 1 is 1.21 bits per heavy atom. The molecule has 1 unspecified atom stereocenters. The van der Waals surface area contributed by atoms with E-state index >= 15 is 0 Å². The maximum absolute atomic E-state index is 2.29. The van der Waals surface area contributed by atoms with Gasteiger partial charge in [0.05, 0.1) is 0 Å². The molecule has 0 fully saturated rings. The van der Waals surface area contributed by atoms with Crippen molar-refractivity contribution in [3.63, 3.8) is 0 Å².